The van der Waals surface area contributed by atoms with Crippen molar-refractivity contribution >= 4 is 50.8 Å². The molecule has 0 aliphatic heterocycles. The number of hydrogen-bond acceptors (Lipinski definition) is 6. The van der Waals surface area contributed by atoms with Gasteiger partial charge in [0, 0.05) is 22.9 Å². The molecule has 0 aliphatic carbocycles. The number of nitrogens with one attached hydrogen (secondary N) is 2. The van der Waals surface area contributed by atoms with Crippen LogP contribution in [-0.2, 0) is 4.79 Å². The van der Waals surface area contributed by atoms with Crippen molar-refractivity contribution in [3.63, 3.8) is 0 Å². The molecule has 0 saturated carbocycles. The summed E-state index contributed by atoms with van der Waals surface area (Å²) in [6, 6.07) is 7.35. The van der Waals surface area contributed by atoms with Gasteiger partial charge in [0.25, 0.3) is 11.7 Å². The molecule has 6 nitrogen and oxygen atoms in total. The Morgan fingerprint density at radius 2 is 2.13 bits per heavy atom. The first-order valence-corrected chi connectivity index (χ1v) is 8.87. The lowest BCUT2D eigenvalue weighted by molar-refractivity contribution is -0.112. The third-order valence-electron chi connectivity index (χ3n) is 3.10. The molecule has 2 N–H and O–H groups in total. The highest BCUT2D eigenvalue weighted by molar-refractivity contribution is 8.01. The molecule has 0 unspecified atom stereocenters. The van der Waals surface area contributed by atoms with Gasteiger partial charge in [-0.05, 0) is 12.5 Å². The Hall–Kier alpha value is -2.19. The quantitative estimate of drug-likeness (QED) is 0.309. The van der Waals surface area contributed by atoms with E-state index in [1.165, 1.54) is 11.3 Å². The Morgan fingerprint density at radius 1 is 1.30 bits per heavy atom. The number of anilines is 1. The molecule has 0 saturated heterocycles. The minimum Gasteiger partial charge on any atom is -0.360 e. The van der Waals surface area contributed by atoms with Crippen molar-refractivity contribution < 1.29 is 9.59 Å². The molecule has 2 aromatic heterocycles. The Labute approximate surface area is 140 Å². The smallest absolute Gasteiger partial charge is 0.298 e. The van der Waals surface area contributed by atoms with Crippen LogP contribution in [-0.4, -0.2) is 32.6 Å². The van der Waals surface area contributed by atoms with Gasteiger partial charge < -0.3 is 4.98 Å². The van der Waals surface area contributed by atoms with Crippen LogP contribution in [0.5, 0.6) is 0 Å². The average Bonchev–Trinajstić information content (AvgIpc) is 3.18. The van der Waals surface area contributed by atoms with Crippen LogP contribution in [0.1, 0.15) is 23.7 Å². The second-order valence-corrected chi connectivity index (χ2v) is 7.07. The van der Waals surface area contributed by atoms with Gasteiger partial charge in [-0.1, -0.05) is 48.2 Å². The second kappa shape index (κ2) is 6.93. The number of para-hydroxylation sites is 1. The molecule has 0 atom stereocenters. The number of aromatic nitrogens is 3. The molecule has 3 rings (SSSR count). The topological polar surface area (TPSA) is 87.7 Å². The highest BCUT2D eigenvalue weighted by atomic mass is 32.2. The molecular weight excluding hydrogens is 332 g/mol. The van der Waals surface area contributed by atoms with E-state index in [0.717, 1.165) is 27.4 Å². The number of hydrogen-bond donors (Lipinski definition) is 2. The van der Waals surface area contributed by atoms with Crippen molar-refractivity contribution in [1.29, 1.82) is 0 Å². The largest absolute Gasteiger partial charge is 0.360 e. The van der Waals surface area contributed by atoms with E-state index in [4.69, 9.17) is 0 Å². The minimum absolute atomic E-state index is 0.335. The molecule has 0 radical (unpaired) electrons. The first-order valence-electron chi connectivity index (χ1n) is 7.07. The lowest BCUT2D eigenvalue weighted by Crippen LogP contribution is -2.22. The third-order valence-corrected chi connectivity index (χ3v) is 5.27. The predicted molar refractivity (Wildman–Crippen MR) is 92.2 cm³/mol. The van der Waals surface area contributed by atoms with Crippen LogP contribution >= 0.6 is 23.1 Å². The highest BCUT2D eigenvalue weighted by Crippen LogP contribution is 2.26. The van der Waals surface area contributed by atoms with Crippen LogP contribution in [0, 0.1) is 0 Å². The summed E-state index contributed by atoms with van der Waals surface area (Å²) in [6.07, 6.45) is 2.58. The normalized spacial score (nSPS) is 10.8. The van der Waals surface area contributed by atoms with Crippen LogP contribution in [0.4, 0.5) is 5.13 Å². The van der Waals surface area contributed by atoms with Gasteiger partial charge in [0.1, 0.15) is 0 Å². The number of carbonyl (C=O) groups excluding carboxylic acids is 2. The first kappa shape index (κ1) is 15.7. The summed E-state index contributed by atoms with van der Waals surface area (Å²) < 4.78 is 0.779. The van der Waals surface area contributed by atoms with E-state index in [1.54, 1.807) is 24.0 Å². The summed E-state index contributed by atoms with van der Waals surface area (Å²) in [5.41, 5.74) is 1.17. The van der Waals surface area contributed by atoms with Gasteiger partial charge in [0.2, 0.25) is 5.13 Å². The fourth-order valence-corrected chi connectivity index (χ4v) is 3.72. The second-order valence-electron chi connectivity index (χ2n) is 4.75. The van der Waals surface area contributed by atoms with E-state index in [0.29, 0.717) is 10.7 Å². The summed E-state index contributed by atoms with van der Waals surface area (Å²) in [7, 11) is 0. The Morgan fingerprint density at radius 3 is 2.96 bits per heavy atom. The Kier molecular flexibility index (Phi) is 4.73. The predicted octanol–water partition coefficient (Wildman–Crippen LogP) is 3.34. The molecular formula is C15H14N4O2S2. The minimum atomic E-state index is -0.710. The van der Waals surface area contributed by atoms with E-state index < -0.39 is 11.7 Å². The number of carbonyl (C=O) groups is 2. The molecule has 0 fully saturated rings. The first-order chi connectivity index (χ1) is 11.2. The number of aromatic amines is 1. The SMILES string of the molecule is CCCSc1nnc(NC(=O)C(=O)c2c[nH]c3ccccc23)s1. The number of Topliss-reactive ketones (excluding diaryl/α,β-unsaturated/α-hetero) is 1. The summed E-state index contributed by atoms with van der Waals surface area (Å²) in [4.78, 5) is 27.4. The zero-order valence-electron chi connectivity index (χ0n) is 12.3. The fraction of sp³-hybridized carbons (Fsp3) is 0.200. The third kappa shape index (κ3) is 3.43. The maximum Gasteiger partial charge on any atom is 0.298 e. The number of thioether (sulfide) groups is 1. The van der Waals surface area contributed by atoms with Crippen LogP contribution in [0.2, 0.25) is 0 Å². The van der Waals surface area contributed by atoms with Crippen LogP contribution in [0.3, 0.4) is 0 Å². The molecule has 23 heavy (non-hydrogen) atoms. The molecule has 8 heteroatoms. The van der Waals surface area contributed by atoms with Gasteiger partial charge in [-0.3, -0.25) is 14.9 Å². The molecule has 2 heterocycles. The lowest BCUT2D eigenvalue weighted by atomic mass is 10.1. The van der Waals surface area contributed by atoms with Crippen molar-refractivity contribution in [1.82, 2.24) is 15.2 Å². The highest BCUT2D eigenvalue weighted by Gasteiger charge is 2.21. The van der Waals surface area contributed by atoms with Crippen molar-refractivity contribution in [2.24, 2.45) is 0 Å². The number of ketones is 1. The van der Waals surface area contributed by atoms with Crippen LogP contribution in [0.15, 0.2) is 34.8 Å². The van der Waals surface area contributed by atoms with E-state index in [-0.39, 0.29) is 0 Å². The van der Waals surface area contributed by atoms with Crippen LogP contribution < -0.4 is 5.32 Å². The van der Waals surface area contributed by atoms with Crippen molar-refractivity contribution in [2.45, 2.75) is 17.7 Å². The Balaban J connectivity index is 1.72. The maximum absolute atomic E-state index is 12.3. The van der Waals surface area contributed by atoms with E-state index >= 15 is 0 Å². The monoisotopic (exact) mass is 346 g/mol. The molecule has 118 valence electrons. The Bertz CT molecular complexity index is 856. The fourth-order valence-electron chi connectivity index (χ4n) is 2.04. The summed E-state index contributed by atoms with van der Waals surface area (Å²) >= 11 is 2.85. The van der Waals surface area contributed by atoms with Gasteiger partial charge in [0.15, 0.2) is 4.34 Å². The molecule has 3 aromatic rings. The molecule has 0 spiro atoms. The lowest BCUT2D eigenvalue weighted by Gasteiger charge is -1.99. The summed E-state index contributed by atoms with van der Waals surface area (Å²) in [5.74, 6) is -0.366. The number of fused-ring (bicyclic) bond motifs is 1. The van der Waals surface area contributed by atoms with Crippen molar-refractivity contribution in [3.8, 4) is 0 Å². The number of rotatable bonds is 6. The number of benzene rings is 1. The van der Waals surface area contributed by atoms with Gasteiger partial charge in [0.05, 0.1) is 5.56 Å². The zero-order chi connectivity index (χ0) is 16.2. The number of amides is 1. The molecule has 1 aromatic carbocycles. The summed E-state index contributed by atoms with van der Waals surface area (Å²) in [5, 5.41) is 11.5. The van der Waals surface area contributed by atoms with Crippen LogP contribution in [0.25, 0.3) is 10.9 Å². The standard InChI is InChI=1S/C15H14N4O2S2/c1-2-7-22-15-19-18-14(23-15)17-13(21)12(20)10-8-16-11-6-4-3-5-9(10)11/h3-6,8,16H,2,7H2,1H3,(H,17,18,21). The average molecular weight is 346 g/mol. The maximum atomic E-state index is 12.3. The van der Waals surface area contributed by atoms with E-state index in [9.17, 15) is 9.59 Å². The number of nitrogens with zero attached hydrogens (tertiary/aromatic N) is 2. The molecule has 1 amide bonds. The molecule has 0 bridgehead atoms. The van der Waals surface area contributed by atoms with Gasteiger partial charge in [-0.25, -0.2) is 0 Å². The summed E-state index contributed by atoms with van der Waals surface area (Å²) in [6.45, 7) is 2.08. The van der Waals surface area contributed by atoms with E-state index in [2.05, 4.69) is 27.4 Å². The van der Waals surface area contributed by atoms with Crippen molar-refractivity contribution in [2.75, 3.05) is 11.1 Å². The number of H-pyrrole nitrogens is 1. The van der Waals surface area contributed by atoms with E-state index in [1.807, 2.05) is 18.2 Å². The molecule has 0 aliphatic rings. The van der Waals surface area contributed by atoms with Crippen molar-refractivity contribution in [3.05, 3.63) is 36.0 Å². The zero-order valence-corrected chi connectivity index (χ0v) is 14.0. The van der Waals surface area contributed by atoms with Gasteiger partial charge in [-0.2, -0.15) is 0 Å². The van der Waals surface area contributed by atoms with Gasteiger partial charge >= 0.3 is 0 Å². The van der Waals surface area contributed by atoms with Gasteiger partial charge in [-0.15, -0.1) is 10.2 Å².